The summed E-state index contributed by atoms with van der Waals surface area (Å²) in [5.74, 6) is 0.720. The number of aliphatic hydroxyl groups excluding tert-OH is 1. The Hall–Kier alpha value is -1.65. The Kier molecular flexibility index (Phi) is 5.13. The quantitative estimate of drug-likeness (QED) is 0.889. The normalized spacial score (nSPS) is 21.9. The van der Waals surface area contributed by atoms with E-state index in [1.807, 2.05) is 17.9 Å². The molecule has 1 fully saturated rings. The lowest BCUT2D eigenvalue weighted by Crippen LogP contribution is -2.24. The number of aromatic nitrogens is 2. The number of likely N-dealkylation sites (tertiary alicyclic amines) is 1. The third-order valence-electron chi connectivity index (χ3n) is 5.05. The van der Waals surface area contributed by atoms with Gasteiger partial charge in [0.1, 0.15) is 0 Å². The molecular formula is C19H27N3O. The van der Waals surface area contributed by atoms with Gasteiger partial charge in [0.2, 0.25) is 0 Å². The zero-order valence-corrected chi connectivity index (χ0v) is 14.2. The van der Waals surface area contributed by atoms with E-state index in [0.717, 1.165) is 32.5 Å². The monoisotopic (exact) mass is 313 g/mol. The van der Waals surface area contributed by atoms with E-state index in [9.17, 15) is 5.11 Å². The second kappa shape index (κ2) is 7.28. The lowest BCUT2D eigenvalue weighted by molar-refractivity contribution is 0.215. The first-order valence-electron chi connectivity index (χ1n) is 8.59. The van der Waals surface area contributed by atoms with Gasteiger partial charge in [0.15, 0.2) is 0 Å². The van der Waals surface area contributed by atoms with Gasteiger partial charge in [-0.3, -0.25) is 4.68 Å². The molecule has 0 saturated carbocycles. The van der Waals surface area contributed by atoms with Gasteiger partial charge in [-0.25, -0.2) is 0 Å². The topological polar surface area (TPSA) is 41.3 Å². The van der Waals surface area contributed by atoms with Crippen LogP contribution in [0.3, 0.4) is 0 Å². The molecule has 4 nitrogen and oxygen atoms in total. The second-order valence-corrected chi connectivity index (χ2v) is 6.68. The van der Waals surface area contributed by atoms with Crippen LogP contribution in [0.4, 0.5) is 0 Å². The van der Waals surface area contributed by atoms with Gasteiger partial charge in [0.25, 0.3) is 0 Å². The Morgan fingerprint density at radius 3 is 2.52 bits per heavy atom. The summed E-state index contributed by atoms with van der Waals surface area (Å²) in [6, 6.07) is 8.95. The van der Waals surface area contributed by atoms with E-state index in [2.05, 4.69) is 47.4 Å². The predicted octanol–water partition coefficient (Wildman–Crippen LogP) is 2.23. The maximum absolute atomic E-state index is 9.71. The molecule has 0 aliphatic carbocycles. The van der Waals surface area contributed by atoms with Crippen LogP contribution in [0, 0.1) is 5.92 Å². The summed E-state index contributed by atoms with van der Waals surface area (Å²) >= 11 is 0. The Bertz CT molecular complexity index is 620. The van der Waals surface area contributed by atoms with Crippen LogP contribution in [0.25, 0.3) is 0 Å². The first-order chi connectivity index (χ1) is 11.2. The highest BCUT2D eigenvalue weighted by atomic mass is 16.3. The van der Waals surface area contributed by atoms with E-state index in [1.54, 1.807) is 0 Å². The van der Waals surface area contributed by atoms with E-state index in [4.69, 9.17) is 0 Å². The minimum Gasteiger partial charge on any atom is -0.396 e. The van der Waals surface area contributed by atoms with Crippen LogP contribution in [0.15, 0.2) is 36.7 Å². The fraction of sp³-hybridized carbons (Fsp3) is 0.526. The molecule has 0 spiro atoms. The molecule has 23 heavy (non-hydrogen) atoms. The molecule has 0 bridgehead atoms. The summed E-state index contributed by atoms with van der Waals surface area (Å²) in [6.45, 7) is 5.49. The molecule has 1 aliphatic heterocycles. The molecule has 2 aromatic rings. The minimum atomic E-state index is 0.251. The lowest BCUT2D eigenvalue weighted by Gasteiger charge is -2.15. The fourth-order valence-corrected chi connectivity index (χ4v) is 3.57. The third-order valence-corrected chi connectivity index (χ3v) is 5.05. The van der Waals surface area contributed by atoms with Crippen LogP contribution in [-0.2, 0) is 19.9 Å². The largest absolute Gasteiger partial charge is 0.396 e. The van der Waals surface area contributed by atoms with E-state index < -0.39 is 0 Å². The zero-order chi connectivity index (χ0) is 16.2. The van der Waals surface area contributed by atoms with Crippen molar-refractivity contribution < 1.29 is 5.11 Å². The first kappa shape index (κ1) is 16.2. The minimum absolute atomic E-state index is 0.251. The van der Waals surface area contributed by atoms with E-state index in [0.29, 0.717) is 11.8 Å². The van der Waals surface area contributed by atoms with Gasteiger partial charge < -0.3 is 10.0 Å². The smallest absolute Gasteiger partial charge is 0.0525 e. The number of hydrogen-bond acceptors (Lipinski definition) is 3. The second-order valence-electron chi connectivity index (χ2n) is 6.68. The number of rotatable bonds is 6. The van der Waals surface area contributed by atoms with Crippen molar-refractivity contribution in [2.45, 2.75) is 25.7 Å². The molecule has 0 amide bonds. The maximum Gasteiger partial charge on any atom is 0.0525 e. The number of aliphatic hydroxyl groups is 1. The molecule has 3 rings (SSSR count). The summed E-state index contributed by atoms with van der Waals surface area (Å²) < 4.78 is 1.85. The van der Waals surface area contributed by atoms with Crippen LogP contribution >= 0.6 is 0 Å². The van der Waals surface area contributed by atoms with Crippen molar-refractivity contribution >= 4 is 0 Å². The lowest BCUT2D eigenvalue weighted by atomic mass is 9.92. The Balaban J connectivity index is 1.58. The Morgan fingerprint density at radius 1 is 1.17 bits per heavy atom. The molecule has 1 aliphatic rings. The molecule has 1 aromatic heterocycles. The molecule has 1 saturated heterocycles. The molecule has 0 unspecified atom stereocenters. The van der Waals surface area contributed by atoms with Crippen LogP contribution in [0.2, 0.25) is 0 Å². The van der Waals surface area contributed by atoms with Gasteiger partial charge in [-0.2, -0.15) is 5.10 Å². The highest BCUT2D eigenvalue weighted by Crippen LogP contribution is 2.32. The molecule has 2 heterocycles. The van der Waals surface area contributed by atoms with Crippen LogP contribution < -0.4 is 0 Å². The molecule has 2 atom stereocenters. The van der Waals surface area contributed by atoms with Gasteiger partial charge in [0.05, 0.1) is 6.20 Å². The van der Waals surface area contributed by atoms with Gasteiger partial charge in [0, 0.05) is 51.3 Å². The molecule has 1 N–H and O–H groups in total. The van der Waals surface area contributed by atoms with Crippen molar-refractivity contribution in [1.29, 1.82) is 0 Å². The first-order valence-corrected chi connectivity index (χ1v) is 8.59. The van der Waals surface area contributed by atoms with Crippen molar-refractivity contribution in [3.05, 3.63) is 53.3 Å². The summed E-state index contributed by atoms with van der Waals surface area (Å²) in [5, 5.41) is 14.0. The van der Waals surface area contributed by atoms with Gasteiger partial charge in [-0.05, 0) is 29.5 Å². The van der Waals surface area contributed by atoms with E-state index in [-0.39, 0.29) is 6.61 Å². The zero-order valence-electron chi connectivity index (χ0n) is 14.2. The van der Waals surface area contributed by atoms with Crippen molar-refractivity contribution in [2.75, 3.05) is 26.2 Å². The van der Waals surface area contributed by atoms with Crippen LogP contribution in [-0.4, -0.2) is 46.0 Å². The number of nitrogens with zero attached hydrogens (tertiary/aromatic N) is 3. The molecule has 4 heteroatoms. The highest BCUT2D eigenvalue weighted by molar-refractivity contribution is 5.23. The van der Waals surface area contributed by atoms with Crippen molar-refractivity contribution in [3.63, 3.8) is 0 Å². The van der Waals surface area contributed by atoms with Gasteiger partial charge in [-0.1, -0.05) is 31.2 Å². The Labute approximate surface area is 138 Å². The van der Waals surface area contributed by atoms with Crippen molar-refractivity contribution in [1.82, 2.24) is 14.7 Å². The summed E-state index contributed by atoms with van der Waals surface area (Å²) in [5.41, 5.74) is 4.04. The fourth-order valence-electron chi connectivity index (χ4n) is 3.57. The number of benzene rings is 1. The summed E-state index contributed by atoms with van der Waals surface area (Å²) in [4.78, 5) is 2.48. The third kappa shape index (κ3) is 3.82. The van der Waals surface area contributed by atoms with Gasteiger partial charge in [-0.15, -0.1) is 0 Å². The SMILES string of the molecule is CCc1ccc(CCN2C[C@@H](CO)[C@H](c3cnn(C)c3)C2)cc1. The number of aryl methyl sites for hydroxylation is 2. The van der Waals surface area contributed by atoms with Crippen molar-refractivity contribution in [3.8, 4) is 0 Å². The average molecular weight is 313 g/mol. The number of hydrogen-bond donors (Lipinski definition) is 1. The van der Waals surface area contributed by atoms with Crippen LogP contribution in [0.1, 0.15) is 29.5 Å². The van der Waals surface area contributed by atoms with E-state index in [1.165, 1.54) is 16.7 Å². The molecule has 1 aromatic carbocycles. The average Bonchev–Trinajstić information content (AvgIpc) is 3.19. The standard InChI is InChI=1S/C19H27N3O/c1-3-15-4-6-16(7-5-15)8-9-22-12-18(14-23)19(13-22)17-10-20-21(2)11-17/h4-7,10-11,18-19,23H,3,8-9,12-14H2,1-2H3/t18-,19-/m0/s1. The van der Waals surface area contributed by atoms with Crippen LogP contribution in [0.5, 0.6) is 0 Å². The predicted molar refractivity (Wildman–Crippen MR) is 92.5 cm³/mol. The molecule has 0 radical (unpaired) electrons. The maximum atomic E-state index is 9.71. The highest BCUT2D eigenvalue weighted by Gasteiger charge is 2.33. The summed E-state index contributed by atoms with van der Waals surface area (Å²) in [6.07, 6.45) is 6.19. The Morgan fingerprint density at radius 2 is 1.91 bits per heavy atom. The molecule has 124 valence electrons. The summed E-state index contributed by atoms with van der Waals surface area (Å²) in [7, 11) is 1.95. The van der Waals surface area contributed by atoms with Crippen molar-refractivity contribution in [2.24, 2.45) is 13.0 Å². The van der Waals surface area contributed by atoms with E-state index >= 15 is 0 Å². The van der Waals surface area contributed by atoms with Gasteiger partial charge >= 0.3 is 0 Å². The molecular weight excluding hydrogens is 286 g/mol.